The Bertz CT molecular complexity index is 1470. The third kappa shape index (κ3) is 4.86. The SMILES string of the molecule is O=C(O)c1ccc(Nc2ncnc3c2c(F)cn3C[C@H]2CCN(c3ncc(C(F)(F)F)cn3)C2)c(F)c1. The van der Waals surface area contributed by atoms with Crippen LogP contribution in [0.25, 0.3) is 11.0 Å². The Labute approximate surface area is 205 Å². The average Bonchev–Trinajstić information content (AvgIpc) is 3.45. The number of hydrogen-bond acceptors (Lipinski definition) is 7. The Hall–Kier alpha value is -4.36. The lowest BCUT2D eigenvalue weighted by molar-refractivity contribution is -0.138. The van der Waals surface area contributed by atoms with Crippen LogP contribution in [0.15, 0.2) is 43.1 Å². The molecule has 1 fully saturated rings. The van der Waals surface area contributed by atoms with Crippen LogP contribution in [0.3, 0.4) is 0 Å². The Balaban J connectivity index is 1.33. The molecule has 0 unspecified atom stereocenters. The first-order valence-corrected chi connectivity index (χ1v) is 11.0. The summed E-state index contributed by atoms with van der Waals surface area (Å²) in [5, 5.41) is 11.7. The van der Waals surface area contributed by atoms with Gasteiger partial charge in [0, 0.05) is 38.2 Å². The largest absolute Gasteiger partial charge is 0.478 e. The summed E-state index contributed by atoms with van der Waals surface area (Å²) in [5.74, 6) is -2.57. The average molecular weight is 519 g/mol. The molecule has 0 amide bonds. The molecule has 4 heterocycles. The lowest BCUT2D eigenvalue weighted by Crippen LogP contribution is -2.23. The highest BCUT2D eigenvalue weighted by Gasteiger charge is 2.32. The van der Waals surface area contributed by atoms with E-state index in [4.69, 9.17) is 5.11 Å². The smallest absolute Gasteiger partial charge is 0.419 e. The number of carbonyl (C=O) groups is 1. The van der Waals surface area contributed by atoms with E-state index in [1.54, 1.807) is 9.47 Å². The topological polar surface area (TPSA) is 109 Å². The van der Waals surface area contributed by atoms with Crippen LogP contribution in [0.1, 0.15) is 22.3 Å². The lowest BCUT2D eigenvalue weighted by Gasteiger charge is -2.17. The minimum absolute atomic E-state index is 0.00766. The van der Waals surface area contributed by atoms with Crippen molar-refractivity contribution in [1.82, 2.24) is 24.5 Å². The summed E-state index contributed by atoms with van der Waals surface area (Å²) in [5.41, 5.74) is -0.981. The van der Waals surface area contributed by atoms with Crippen LogP contribution >= 0.6 is 0 Å². The first-order chi connectivity index (χ1) is 17.6. The van der Waals surface area contributed by atoms with Crippen molar-refractivity contribution >= 4 is 34.5 Å². The molecule has 4 aromatic rings. The van der Waals surface area contributed by atoms with Crippen molar-refractivity contribution in [1.29, 1.82) is 0 Å². The predicted octanol–water partition coefficient (Wildman–Crippen LogP) is 4.49. The summed E-state index contributed by atoms with van der Waals surface area (Å²) >= 11 is 0. The van der Waals surface area contributed by atoms with E-state index in [9.17, 15) is 26.7 Å². The molecule has 0 aliphatic carbocycles. The molecule has 0 bridgehead atoms. The third-order valence-corrected chi connectivity index (χ3v) is 6.07. The van der Waals surface area contributed by atoms with Gasteiger partial charge in [-0.15, -0.1) is 0 Å². The normalized spacial score (nSPS) is 15.9. The van der Waals surface area contributed by atoms with Crippen molar-refractivity contribution in [2.75, 3.05) is 23.3 Å². The molecular formula is C23H18F5N7O2. The molecule has 3 aromatic heterocycles. The molecule has 192 valence electrons. The minimum Gasteiger partial charge on any atom is -0.478 e. The number of nitrogens with one attached hydrogen (secondary N) is 1. The first kappa shape index (κ1) is 24.3. The molecule has 1 aliphatic heterocycles. The second-order valence-electron chi connectivity index (χ2n) is 8.55. The number of alkyl halides is 3. The van der Waals surface area contributed by atoms with Gasteiger partial charge in [-0.1, -0.05) is 0 Å². The third-order valence-electron chi connectivity index (χ3n) is 6.07. The number of carboxylic acids is 1. The number of aromatic carboxylic acids is 1. The Morgan fingerprint density at radius 2 is 1.86 bits per heavy atom. The zero-order chi connectivity index (χ0) is 26.3. The zero-order valence-corrected chi connectivity index (χ0v) is 18.9. The van der Waals surface area contributed by atoms with Gasteiger partial charge in [-0.25, -0.2) is 33.5 Å². The van der Waals surface area contributed by atoms with E-state index in [0.717, 1.165) is 18.5 Å². The second-order valence-corrected chi connectivity index (χ2v) is 8.55. The van der Waals surface area contributed by atoms with E-state index in [0.29, 0.717) is 26.1 Å². The fourth-order valence-electron chi connectivity index (χ4n) is 4.26. The van der Waals surface area contributed by atoms with Crippen molar-refractivity contribution in [2.45, 2.75) is 19.1 Å². The van der Waals surface area contributed by atoms with Crippen LogP contribution in [-0.2, 0) is 12.7 Å². The monoisotopic (exact) mass is 519 g/mol. The van der Waals surface area contributed by atoms with Gasteiger partial charge in [0.1, 0.15) is 23.6 Å². The molecule has 14 heteroatoms. The van der Waals surface area contributed by atoms with Crippen LogP contribution in [0.2, 0.25) is 0 Å². The highest BCUT2D eigenvalue weighted by Crippen LogP contribution is 2.31. The number of nitrogens with zero attached hydrogens (tertiary/aromatic N) is 6. The van der Waals surface area contributed by atoms with Gasteiger partial charge in [-0.05, 0) is 30.5 Å². The lowest BCUT2D eigenvalue weighted by atomic mass is 10.1. The molecule has 0 radical (unpaired) electrons. The van der Waals surface area contributed by atoms with Crippen LogP contribution in [0.5, 0.6) is 0 Å². The van der Waals surface area contributed by atoms with Crippen molar-refractivity contribution in [3.8, 4) is 0 Å². The van der Waals surface area contributed by atoms with Gasteiger partial charge in [-0.3, -0.25) is 0 Å². The van der Waals surface area contributed by atoms with Gasteiger partial charge in [0.15, 0.2) is 5.82 Å². The van der Waals surface area contributed by atoms with Gasteiger partial charge in [0.2, 0.25) is 5.95 Å². The summed E-state index contributed by atoms with van der Waals surface area (Å²) in [7, 11) is 0. The van der Waals surface area contributed by atoms with E-state index >= 15 is 0 Å². The van der Waals surface area contributed by atoms with E-state index in [-0.39, 0.29) is 40.0 Å². The fraction of sp³-hybridized carbons (Fsp3) is 0.261. The van der Waals surface area contributed by atoms with E-state index in [1.165, 1.54) is 24.7 Å². The Morgan fingerprint density at radius 1 is 1.11 bits per heavy atom. The fourth-order valence-corrected chi connectivity index (χ4v) is 4.26. The summed E-state index contributed by atoms with van der Waals surface area (Å²) in [6.07, 6.45) is 0.0900. The zero-order valence-electron chi connectivity index (χ0n) is 18.9. The second kappa shape index (κ2) is 9.26. The summed E-state index contributed by atoms with van der Waals surface area (Å²) in [6, 6.07) is 3.27. The minimum atomic E-state index is -4.52. The highest BCUT2D eigenvalue weighted by atomic mass is 19.4. The van der Waals surface area contributed by atoms with Gasteiger partial charge in [-0.2, -0.15) is 13.2 Å². The number of fused-ring (bicyclic) bond motifs is 1. The van der Waals surface area contributed by atoms with E-state index in [2.05, 4.69) is 25.3 Å². The molecular weight excluding hydrogens is 501 g/mol. The van der Waals surface area contributed by atoms with Gasteiger partial charge >= 0.3 is 12.1 Å². The van der Waals surface area contributed by atoms with Crippen LogP contribution < -0.4 is 10.2 Å². The van der Waals surface area contributed by atoms with Crippen LogP contribution in [0.4, 0.5) is 39.4 Å². The molecule has 1 aromatic carbocycles. The molecule has 37 heavy (non-hydrogen) atoms. The number of benzene rings is 1. The molecule has 1 saturated heterocycles. The molecule has 1 atom stereocenters. The van der Waals surface area contributed by atoms with Crippen molar-refractivity contribution in [3.05, 3.63) is 65.9 Å². The number of halogens is 5. The molecule has 0 spiro atoms. The van der Waals surface area contributed by atoms with Crippen molar-refractivity contribution < 1.29 is 31.9 Å². The molecule has 5 rings (SSSR count). The predicted molar refractivity (Wildman–Crippen MR) is 121 cm³/mol. The molecule has 1 aliphatic rings. The molecule has 9 nitrogen and oxygen atoms in total. The number of hydrogen-bond donors (Lipinski definition) is 2. The number of carboxylic acid groups (broad SMARTS) is 1. The maximum Gasteiger partial charge on any atom is 0.419 e. The molecule has 2 N–H and O–H groups in total. The number of anilines is 3. The maximum absolute atomic E-state index is 15.0. The summed E-state index contributed by atoms with van der Waals surface area (Å²) in [6.45, 7) is 1.32. The highest BCUT2D eigenvalue weighted by molar-refractivity contribution is 5.91. The molecule has 0 saturated carbocycles. The van der Waals surface area contributed by atoms with Crippen LogP contribution in [-0.4, -0.2) is 48.7 Å². The Kier molecular flexibility index (Phi) is 6.09. The summed E-state index contributed by atoms with van der Waals surface area (Å²) < 4.78 is 69.2. The van der Waals surface area contributed by atoms with Crippen LogP contribution in [0, 0.1) is 17.6 Å². The van der Waals surface area contributed by atoms with Gasteiger partial charge < -0.3 is 19.9 Å². The quantitative estimate of drug-likeness (QED) is 0.359. The maximum atomic E-state index is 15.0. The van der Waals surface area contributed by atoms with Crippen molar-refractivity contribution in [3.63, 3.8) is 0 Å². The van der Waals surface area contributed by atoms with E-state index < -0.39 is 29.3 Å². The van der Waals surface area contributed by atoms with E-state index in [1.807, 2.05) is 0 Å². The number of aromatic nitrogens is 5. The first-order valence-electron chi connectivity index (χ1n) is 11.0. The van der Waals surface area contributed by atoms with Gasteiger partial charge in [0.05, 0.1) is 22.2 Å². The van der Waals surface area contributed by atoms with Gasteiger partial charge in [0.25, 0.3) is 0 Å². The Morgan fingerprint density at radius 3 is 2.54 bits per heavy atom. The van der Waals surface area contributed by atoms with Crippen molar-refractivity contribution in [2.24, 2.45) is 5.92 Å². The summed E-state index contributed by atoms with van der Waals surface area (Å²) in [4.78, 5) is 28.6. The standard InChI is InChI=1S/C23H18F5N7O2/c24-15-5-13(21(36)37)1-2-17(15)33-19-18-16(25)10-35(20(18)32-11-31-19)9-12-3-4-34(8-12)22-29-6-14(7-30-22)23(26,27)28/h1-2,5-7,10-12H,3-4,8-9H2,(H,36,37)(H,31,32,33)/t12-/m0/s1. The number of rotatable bonds is 6.